The average molecular weight is 310 g/mol. The molecule has 21 heavy (non-hydrogen) atoms. The molecule has 0 saturated carbocycles. The standard InChI is InChI=1S/C15H26N4OS/c1-3-4-5-9-18-15(16-2)19-11-7-10-17-14(20)13-8-6-12-21-13/h6,8,12H,3-5,7,9-11H2,1-2H3,(H,17,20)(H2,16,18,19). The highest BCUT2D eigenvalue weighted by Gasteiger charge is 2.04. The zero-order chi connectivity index (χ0) is 15.3. The van der Waals surface area contributed by atoms with Crippen molar-refractivity contribution in [1.29, 1.82) is 0 Å². The van der Waals surface area contributed by atoms with Crippen molar-refractivity contribution in [2.45, 2.75) is 32.6 Å². The molecular weight excluding hydrogens is 284 g/mol. The molecule has 3 N–H and O–H groups in total. The van der Waals surface area contributed by atoms with Crippen LogP contribution < -0.4 is 16.0 Å². The minimum absolute atomic E-state index is 0.00655. The molecule has 1 aromatic rings. The molecule has 0 aliphatic rings. The van der Waals surface area contributed by atoms with Gasteiger partial charge in [-0.1, -0.05) is 25.8 Å². The molecule has 0 unspecified atom stereocenters. The molecule has 0 aromatic carbocycles. The van der Waals surface area contributed by atoms with Gasteiger partial charge in [-0.05, 0) is 24.3 Å². The Morgan fingerprint density at radius 1 is 1.14 bits per heavy atom. The van der Waals surface area contributed by atoms with Crippen molar-refractivity contribution in [2.75, 3.05) is 26.7 Å². The van der Waals surface area contributed by atoms with Crippen LogP contribution in [0.2, 0.25) is 0 Å². The lowest BCUT2D eigenvalue weighted by Gasteiger charge is -2.11. The molecule has 0 spiro atoms. The van der Waals surface area contributed by atoms with Gasteiger partial charge in [-0.15, -0.1) is 11.3 Å². The van der Waals surface area contributed by atoms with Gasteiger partial charge in [-0.2, -0.15) is 0 Å². The monoisotopic (exact) mass is 310 g/mol. The van der Waals surface area contributed by atoms with Crippen molar-refractivity contribution >= 4 is 23.2 Å². The summed E-state index contributed by atoms with van der Waals surface area (Å²) in [6.45, 7) is 4.59. The third kappa shape index (κ3) is 7.70. The van der Waals surface area contributed by atoms with Crippen molar-refractivity contribution in [3.63, 3.8) is 0 Å². The molecule has 0 aliphatic carbocycles. The van der Waals surface area contributed by atoms with Crippen LogP contribution in [0.4, 0.5) is 0 Å². The van der Waals surface area contributed by atoms with E-state index in [1.165, 1.54) is 24.2 Å². The van der Waals surface area contributed by atoms with Gasteiger partial charge in [0, 0.05) is 26.7 Å². The van der Waals surface area contributed by atoms with E-state index in [2.05, 4.69) is 27.9 Å². The Morgan fingerprint density at radius 2 is 1.86 bits per heavy atom. The Balaban J connectivity index is 2.05. The number of carbonyl (C=O) groups excluding carboxylic acids is 1. The van der Waals surface area contributed by atoms with Crippen LogP contribution in [-0.4, -0.2) is 38.5 Å². The molecule has 1 amide bonds. The van der Waals surface area contributed by atoms with Crippen LogP contribution >= 0.6 is 11.3 Å². The molecule has 1 aromatic heterocycles. The van der Waals surface area contributed by atoms with Crippen LogP contribution in [0.25, 0.3) is 0 Å². The Bertz CT molecular complexity index is 417. The lowest BCUT2D eigenvalue weighted by atomic mass is 10.2. The Morgan fingerprint density at radius 3 is 2.48 bits per heavy atom. The second kappa shape index (κ2) is 11.1. The zero-order valence-corrected chi connectivity index (χ0v) is 13.8. The number of nitrogens with one attached hydrogen (secondary N) is 3. The van der Waals surface area contributed by atoms with Crippen LogP contribution in [0.5, 0.6) is 0 Å². The third-order valence-electron chi connectivity index (χ3n) is 2.97. The topological polar surface area (TPSA) is 65.5 Å². The summed E-state index contributed by atoms with van der Waals surface area (Å²) >= 11 is 1.46. The van der Waals surface area contributed by atoms with E-state index < -0.39 is 0 Å². The van der Waals surface area contributed by atoms with Gasteiger partial charge < -0.3 is 16.0 Å². The first kappa shape index (κ1) is 17.5. The third-order valence-corrected chi connectivity index (χ3v) is 3.84. The van der Waals surface area contributed by atoms with Crippen LogP contribution in [0, 0.1) is 0 Å². The number of aliphatic imine (C=N–C) groups is 1. The molecule has 0 atom stereocenters. The minimum Gasteiger partial charge on any atom is -0.356 e. The summed E-state index contributed by atoms with van der Waals surface area (Å²) in [5.74, 6) is 0.836. The summed E-state index contributed by atoms with van der Waals surface area (Å²) in [6.07, 6.45) is 4.48. The number of hydrogen-bond donors (Lipinski definition) is 3. The fraction of sp³-hybridized carbons (Fsp3) is 0.600. The lowest BCUT2D eigenvalue weighted by molar-refractivity contribution is 0.0957. The maximum Gasteiger partial charge on any atom is 0.261 e. The molecule has 0 aliphatic heterocycles. The maximum absolute atomic E-state index is 11.7. The van der Waals surface area contributed by atoms with E-state index in [9.17, 15) is 4.79 Å². The number of thiophene rings is 1. The fourth-order valence-electron chi connectivity index (χ4n) is 1.79. The largest absolute Gasteiger partial charge is 0.356 e. The van der Waals surface area contributed by atoms with Gasteiger partial charge in [0.2, 0.25) is 0 Å². The van der Waals surface area contributed by atoms with Crippen LogP contribution in [-0.2, 0) is 0 Å². The van der Waals surface area contributed by atoms with Crippen molar-refractivity contribution < 1.29 is 4.79 Å². The number of unbranched alkanes of at least 4 members (excludes halogenated alkanes) is 2. The molecule has 0 bridgehead atoms. The fourth-order valence-corrected chi connectivity index (χ4v) is 2.43. The minimum atomic E-state index is 0.00655. The first-order chi connectivity index (χ1) is 10.3. The number of hydrogen-bond acceptors (Lipinski definition) is 3. The van der Waals surface area contributed by atoms with Gasteiger partial charge in [-0.25, -0.2) is 0 Å². The number of amides is 1. The number of nitrogens with zero attached hydrogens (tertiary/aromatic N) is 1. The number of carbonyl (C=O) groups is 1. The lowest BCUT2D eigenvalue weighted by Crippen LogP contribution is -2.39. The molecule has 0 fully saturated rings. The highest BCUT2D eigenvalue weighted by Crippen LogP contribution is 2.07. The van der Waals surface area contributed by atoms with Crippen molar-refractivity contribution in [2.24, 2.45) is 4.99 Å². The maximum atomic E-state index is 11.7. The van der Waals surface area contributed by atoms with E-state index in [0.29, 0.717) is 6.54 Å². The summed E-state index contributed by atoms with van der Waals surface area (Å²) < 4.78 is 0. The second-order valence-electron chi connectivity index (χ2n) is 4.72. The second-order valence-corrected chi connectivity index (χ2v) is 5.67. The number of rotatable bonds is 9. The Labute approximate surface area is 131 Å². The van der Waals surface area contributed by atoms with Gasteiger partial charge >= 0.3 is 0 Å². The SMILES string of the molecule is CCCCCNC(=NC)NCCCNC(=O)c1cccs1. The number of guanidine groups is 1. The van der Waals surface area contributed by atoms with E-state index in [-0.39, 0.29) is 5.91 Å². The van der Waals surface area contributed by atoms with E-state index in [0.717, 1.165) is 36.8 Å². The molecule has 1 rings (SSSR count). The molecule has 1 heterocycles. The van der Waals surface area contributed by atoms with Crippen LogP contribution in [0.15, 0.2) is 22.5 Å². The smallest absolute Gasteiger partial charge is 0.261 e. The molecule has 0 radical (unpaired) electrons. The van der Waals surface area contributed by atoms with Gasteiger partial charge in [0.25, 0.3) is 5.91 Å². The van der Waals surface area contributed by atoms with Gasteiger partial charge in [0.1, 0.15) is 0 Å². The molecule has 5 nitrogen and oxygen atoms in total. The Hall–Kier alpha value is -1.56. The first-order valence-electron chi connectivity index (χ1n) is 7.54. The highest BCUT2D eigenvalue weighted by atomic mass is 32.1. The van der Waals surface area contributed by atoms with Crippen molar-refractivity contribution in [3.8, 4) is 0 Å². The molecule has 118 valence electrons. The molecule has 6 heteroatoms. The van der Waals surface area contributed by atoms with Gasteiger partial charge in [0.05, 0.1) is 4.88 Å². The Kier molecular flexibility index (Phi) is 9.28. The van der Waals surface area contributed by atoms with Crippen LogP contribution in [0.1, 0.15) is 42.3 Å². The molecule has 0 saturated heterocycles. The van der Waals surface area contributed by atoms with E-state index in [1.54, 1.807) is 7.05 Å². The normalized spacial score (nSPS) is 11.2. The zero-order valence-electron chi connectivity index (χ0n) is 12.9. The summed E-state index contributed by atoms with van der Waals surface area (Å²) in [5.41, 5.74) is 0. The van der Waals surface area contributed by atoms with Crippen molar-refractivity contribution in [1.82, 2.24) is 16.0 Å². The predicted octanol–water partition coefficient (Wildman–Crippen LogP) is 2.22. The van der Waals surface area contributed by atoms with E-state index in [1.807, 2.05) is 17.5 Å². The van der Waals surface area contributed by atoms with Crippen LogP contribution in [0.3, 0.4) is 0 Å². The highest BCUT2D eigenvalue weighted by molar-refractivity contribution is 7.12. The quantitative estimate of drug-likeness (QED) is 0.372. The van der Waals surface area contributed by atoms with Crippen molar-refractivity contribution in [3.05, 3.63) is 22.4 Å². The summed E-state index contributed by atoms with van der Waals surface area (Å²) in [4.78, 5) is 16.6. The summed E-state index contributed by atoms with van der Waals surface area (Å²) in [7, 11) is 1.77. The average Bonchev–Trinajstić information content (AvgIpc) is 3.03. The summed E-state index contributed by atoms with van der Waals surface area (Å²) in [5, 5.41) is 11.3. The molecular formula is C15H26N4OS. The van der Waals surface area contributed by atoms with E-state index in [4.69, 9.17) is 0 Å². The van der Waals surface area contributed by atoms with Gasteiger partial charge in [0.15, 0.2) is 5.96 Å². The first-order valence-corrected chi connectivity index (χ1v) is 8.42. The summed E-state index contributed by atoms with van der Waals surface area (Å²) in [6, 6.07) is 3.72. The van der Waals surface area contributed by atoms with E-state index >= 15 is 0 Å². The predicted molar refractivity (Wildman–Crippen MR) is 90.2 cm³/mol. The van der Waals surface area contributed by atoms with Gasteiger partial charge in [-0.3, -0.25) is 9.79 Å².